The summed E-state index contributed by atoms with van der Waals surface area (Å²) in [7, 11) is 0. The van der Waals surface area contributed by atoms with E-state index in [1.54, 1.807) is 12.1 Å². The predicted molar refractivity (Wildman–Crippen MR) is 97.8 cm³/mol. The van der Waals surface area contributed by atoms with Gasteiger partial charge in [0.1, 0.15) is 0 Å². The van der Waals surface area contributed by atoms with E-state index in [9.17, 15) is 4.79 Å². The quantitative estimate of drug-likeness (QED) is 0.564. The van der Waals surface area contributed by atoms with Crippen molar-refractivity contribution < 1.29 is 4.79 Å². The molecule has 0 aromatic heterocycles. The lowest BCUT2D eigenvalue weighted by Crippen LogP contribution is -2.38. The smallest absolute Gasteiger partial charge is 0.248 e. The Hall–Kier alpha value is -2.82. The molecular weight excluding hydrogens is 300 g/mol. The van der Waals surface area contributed by atoms with Crippen molar-refractivity contribution >= 4 is 11.9 Å². The summed E-state index contributed by atoms with van der Waals surface area (Å²) in [6.07, 6.45) is 0. The van der Waals surface area contributed by atoms with E-state index in [2.05, 4.69) is 34.7 Å². The third-order valence-corrected chi connectivity index (χ3v) is 3.63. The van der Waals surface area contributed by atoms with Gasteiger partial charge in [-0.1, -0.05) is 42.5 Å². The van der Waals surface area contributed by atoms with Crippen LogP contribution in [0.3, 0.4) is 0 Å². The standard InChI is InChI=1S/C19H24N4O/c1-3-21-19(23-14(2)16-9-5-4-6-10-16)22-13-15-8-7-11-17(12-15)18(20)24/h4-12,14H,3,13H2,1-2H3,(H2,20,24)(H2,21,22,23). The molecule has 0 radical (unpaired) electrons. The van der Waals surface area contributed by atoms with E-state index in [-0.39, 0.29) is 6.04 Å². The van der Waals surface area contributed by atoms with E-state index in [4.69, 9.17) is 5.73 Å². The van der Waals surface area contributed by atoms with Crippen LogP contribution in [-0.2, 0) is 6.54 Å². The molecule has 1 atom stereocenters. The number of aliphatic imine (C=N–C) groups is 1. The first kappa shape index (κ1) is 17.5. The van der Waals surface area contributed by atoms with Crippen molar-refractivity contribution in [2.45, 2.75) is 26.4 Å². The van der Waals surface area contributed by atoms with E-state index in [1.165, 1.54) is 5.56 Å². The normalized spacial score (nSPS) is 12.5. The lowest BCUT2D eigenvalue weighted by Gasteiger charge is -2.18. The van der Waals surface area contributed by atoms with Crippen LogP contribution in [0.15, 0.2) is 59.6 Å². The van der Waals surface area contributed by atoms with Crippen LogP contribution < -0.4 is 16.4 Å². The van der Waals surface area contributed by atoms with Crippen LogP contribution in [0.1, 0.15) is 41.4 Å². The first-order valence-electron chi connectivity index (χ1n) is 8.08. The Morgan fingerprint density at radius 1 is 1.17 bits per heavy atom. The van der Waals surface area contributed by atoms with Gasteiger partial charge in [0.25, 0.3) is 0 Å². The Kier molecular flexibility index (Phi) is 6.37. The summed E-state index contributed by atoms with van der Waals surface area (Å²) in [5.41, 5.74) is 7.95. The number of primary amides is 1. The van der Waals surface area contributed by atoms with Crippen molar-refractivity contribution in [2.75, 3.05) is 6.54 Å². The fraction of sp³-hybridized carbons (Fsp3) is 0.263. The van der Waals surface area contributed by atoms with Crippen LogP contribution in [0.4, 0.5) is 0 Å². The Balaban J connectivity index is 2.08. The molecule has 5 nitrogen and oxygen atoms in total. The fourth-order valence-corrected chi connectivity index (χ4v) is 2.34. The van der Waals surface area contributed by atoms with Crippen molar-refractivity contribution in [1.82, 2.24) is 10.6 Å². The molecule has 126 valence electrons. The highest BCUT2D eigenvalue weighted by molar-refractivity contribution is 5.92. The molecule has 1 unspecified atom stereocenters. The number of nitrogens with zero attached hydrogens (tertiary/aromatic N) is 1. The van der Waals surface area contributed by atoms with E-state index < -0.39 is 5.91 Å². The molecule has 0 fully saturated rings. The highest BCUT2D eigenvalue weighted by atomic mass is 16.1. The van der Waals surface area contributed by atoms with Gasteiger partial charge in [0.15, 0.2) is 5.96 Å². The van der Waals surface area contributed by atoms with Crippen molar-refractivity contribution in [2.24, 2.45) is 10.7 Å². The van der Waals surface area contributed by atoms with E-state index in [0.717, 1.165) is 18.1 Å². The summed E-state index contributed by atoms with van der Waals surface area (Å²) in [6.45, 7) is 5.36. The van der Waals surface area contributed by atoms with Gasteiger partial charge in [0.05, 0.1) is 12.6 Å². The number of hydrogen-bond donors (Lipinski definition) is 3. The Bertz CT molecular complexity index is 698. The molecule has 4 N–H and O–H groups in total. The van der Waals surface area contributed by atoms with Crippen LogP contribution >= 0.6 is 0 Å². The average Bonchev–Trinajstić information content (AvgIpc) is 2.61. The van der Waals surface area contributed by atoms with Crippen LogP contribution in [-0.4, -0.2) is 18.4 Å². The lowest BCUT2D eigenvalue weighted by molar-refractivity contribution is 0.1000. The summed E-state index contributed by atoms with van der Waals surface area (Å²) in [5.74, 6) is 0.307. The van der Waals surface area contributed by atoms with Crippen LogP contribution in [0.5, 0.6) is 0 Å². The number of hydrogen-bond acceptors (Lipinski definition) is 2. The van der Waals surface area contributed by atoms with Gasteiger partial charge in [-0.2, -0.15) is 0 Å². The second-order valence-electron chi connectivity index (χ2n) is 5.54. The third kappa shape index (κ3) is 5.12. The maximum absolute atomic E-state index is 11.3. The van der Waals surface area contributed by atoms with Crippen LogP contribution in [0.25, 0.3) is 0 Å². The van der Waals surface area contributed by atoms with Gasteiger partial charge in [-0.25, -0.2) is 4.99 Å². The van der Waals surface area contributed by atoms with Gasteiger partial charge in [-0.3, -0.25) is 4.79 Å². The molecule has 0 saturated carbocycles. The summed E-state index contributed by atoms with van der Waals surface area (Å²) in [5, 5.41) is 6.63. The maximum atomic E-state index is 11.3. The summed E-state index contributed by atoms with van der Waals surface area (Å²) in [6, 6.07) is 17.6. The number of benzene rings is 2. The monoisotopic (exact) mass is 324 g/mol. The minimum atomic E-state index is -0.427. The molecule has 24 heavy (non-hydrogen) atoms. The predicted octanol–water partition coefficient (Wildman–Crippen LogP) is 2.60. The molecular formula is C19H24N4O. The fourth-order valence-electron chi connectivity index (χ4n) is 2.34. The zero-order valence-electron chi connectivity index (χ0n) is 14.1. The summed E-state index contributed by atoms with van der Waals surface area (Å²) in [4.78, 5) is 15.8. The third-order valence-electron chi connectivity index (χ3n) is 3.63. The summed E-state index contributed by atoms with van der Waals surface area (Å²) >= 11 is 0. The number of nitrogens with two attached hydrogens (primary N) is 1. The van der Waals surface area contributed by atoms with Gasteiger partial charge >= 0.3 is 0 Å². The molecule has 0 aliphatic rings. The molecule has 0 aliphatic heterocycles. The SMILES string of the molecule is CCNC(=NCc1cccc(C(N)=O)c1)NC(C)c1ccccc1. The topological polar surface area (TPSA) is 79.5 Å². The largest absolute Gasteiger partial charge is 0.366 e. The van der Waals surface area contributed by atoms with Gasteiger partial charge in [-0.05, 0) is 37.1 Å². The van der Waals surface area contributed by atoms with Crippen molar-refractivity contribution in [1.29, 1.82) is 0 Å². The van der Waals surface area contributed by atoms with Crippen LogP contribution in [0.2, 0.25) is 0 Å². The van der Waals surface area contributed by atoms with Gasteiger partial charge < -0.3 is 16.4 Å². The molecule has 0 spiro atoms. The minimum absolute atomic E-state index is 0.140. The van der Waals surface area contributed by atoms with Gasteiger partial charge in [0, 0.05) is 12.1 Å². The highest BCUT2D eigenvalue weighted by Crippen LogP contribution is 2.11. The number of carbonyl (C=O) groups excluding carboxylic acids is 1. The highest BCUT2D eigenvalue weighted by Gasteiger charge is 2.07. The van der Waals surface area contributed by atoms with E-state index in [1.807, 2.05) is 37.3 Å². The zero-order chi connectivity index (χ0) is 17.4. The molecule has 5 heteroatoms. The second kappa shape index (κ2) is 8.72. The molecule has 0 saturated heterocycles. The molecule has 0 heterocycles. The van der Waals surface area contributed by atoms with E-state index >= 15 is 0 Å². The molecule has 0 bridgehead atoms. The Morgan fingerprint density at radius 3 is 2.58 bits per heavy atom. The van der Waals surface area contributed by atoms with Gasteiger partial charge in [-0.15, -0.1) is 0 Å². The van der Waals surface area contributed by atoms with Crippen molar-refractivity contribution in [3.8, 4) is 0 Å². The number of nitrogens with one attached hydrogen (secondary N) is 2. The number of rotatable bonds is 6. The zero-order valence-corrected chi connectivity index (χ0v) is 14.1. The first-order chi connectivity index (χ1) is 11.6. The molecule has 1 amide bonds. The average molecular weight is 324 g/mol. The Morgan fingerprint density at radius 2 is 1.92 bits per heavy atom. The van der Waals surface area contributed by atoms with E-state index in [0.29, 0.717) is 12.1 Å². The molecule has 2 rings (SSSR count). The minimum Gasteiger partial charge on any atom is -0.366 e. The van der Waals surface area contributed by atoms with Gasteiger partial charge in [0.2, 0.25) is 5.91 Å². The van der Waals surface area contributed by atoms with Crippen molar-refractivity contribution in [3.05, 3.63) is 71.3 Å². The number of guanidine groups is 1. The number of carbonyl (C=O) groups is 1. The van der Waals surface area contributed by atoms with Crippen LogP contribution in [0, 0.1) is 0 Å². The molecule has 0 aliphatic carbocycles. The summed E-state index contributed by atoms with van der Waals surface area (Å²) < 4.78 is 0. The molecule has 2 aromatic carbocycles. The lowest BCUT2D eigenvalue weighted by atomic mass is 10.1. The molecule has 2 aromatic rings. The second-order valence-corrected chi connectivity index (χ2v) is 5.54. The number of amides is 1. The van der Waals surface area contributed by atoms with Crippen molar-refractivity contribution in [3.63, 3.8) is 0 Å². The Labute approximate surface area is 143 Å². The maximum Gasteiger partial charge on any atom is 0.248 e. The first-order valence-corrected chi connectivity index (χ1v) is 8.08.